The number of benzene rings is 2. The average molecular weight is 430 g/mol. The molecule has 0 bridgehead atoms. The highest BCUT2D eigenvalue weighted by atomic mass is 35.5. The van der Waals surface area contributed by atoms with Gasteiger partial charge in [0.25, 0.3) is 11.8 Å². The van der Waals surface area contributed by atoms with Gasteiger partial charge in [0.2, 0.25) is 5.91 Å². The molecule has 3 amide bonds. The molecule has 0 saturated carbocycles. The SMILES string of the molecule is CCN(CC)C(=O)c1ccc2c(c1)N(CC(=O)NCc1ccc(Cl)cc1)C(=O)CO2. The lowest BCUT2D eigenvalue weighted by Crippen LogP contribution is -2.45. The quantitative estimate of drug-likeness (QED) is 0.734. The van der Waals surface area contributed by atoms with Crippen molar-refractivity contribution in [1.82, 2.24) is 10.2 Å². The molecule has 0 radical (unpaired) electrons. The van der Waals surface area contributed by atoms with Crippen molar-refractivity contribution in [2.75, 3.05) is 31.1 Å². The standard InChI is InChI=1S/C22H24ClN3O4/c1-3-25(4-2)22(29)16-7-10-19-18(11-16)26(21(28)14-30-19)13-20(27)24-12-15-5-8-17(23)9-6-15/h5-11H,3-4,12-14H2,1-2H3,(H,24,27). The predicted octanol–water partition coefficient (Wildman–Crippen LogP) is 2.86. The number of rotatable bonds is 7. The minimum Gasteiger partial charge on any atom is -0.482 e. The number of amides is 3. The monoisotopic (exact) mass is 429 g/mol. The van der Waals surface area contributed by atoms with Crippen LogP contribution in [0.1, 0.15) is 29.8 Å². The summed E-state index contributed by atoms with van der Waals surface area (Å²) < 4.78 is 5.48. The van der Waals surface area contributed by atoms with Crippen molar-refractivity contribution in [1.29, 1.82) is 0 Å². The molecule has 1 N–H and O–H groups in total. The number of fused-ring (bicyclic) bond motifs is 1. The lowest BCUT2D eigenvalue weighted by atomic mass is 10.1. The molecule has 3 rings (SSSR count). The third-order valence-electron chi connectivity index (χ3n) is 4.90. The summed E-state index contributed by atoms with van der Waals surface area (Å²) in [6, 6.07) is 12.1. The Morgan fingerprint density at radius 1 is 1.13 bits per heavy atom. The molecule has 0 saturated heterocycles. The number of hydrogen-bond acceptors (Lipinski definition) is 4. The zero-order valence-electron chi connectivity index (χ0n) is 17.0. The van der Waals surface area contributed by atoms with Crippen LogP contribution in [0.5, 0.6) is 5.75 Å². The summed E-state index contributed by atoms with van der Waals surface area (Å²) in [6.45, 7) is 4.99. The number of carbonyl (C=O) groups excluding carboxylic acids is 3. The zero-order valence-corrected chi connectivity index (χ0v) is 17.7. The molecular weight excluding hydrogens is 406 g/mol. The first kappa shape index (κ1) is 21.6. The number of nitrogens with one attached hydrogen (secondary N) is 1. The number of ether oxygens (including phenoxy) is 1. The van der Waals surface area contributed by atoms with Gasteiger partial charge in [0.05, 0.1) is 5.69 Å². The Hall–Kier alpha value is -3.06. The third kappa shape index (κ3) is 4.91. The fourth-order valence-electron chi connectivity index (χ4n) is 3.20. The summed E-state index contributed by atoms with van der Waals surface area (Å²) in [5.74, 6) is -0.313. The first-order valence-electron chi connectivity index (χ1n) is 9.80. The molecule has 0 unspecified atom stereocenters. The van der Waals surface area contributed by atoms with E-state index in [4.69, 9.17) is 16.3 Å². The highest BCUT2D eigenvalue weighted by molar-refractivity contribution is 6.30. The van der Waals surface area contributed by atoms with Crippen molar-refractivity contribution in [3.05, 3.63) is 58.6 Å². The second kappa shape index (κ2) is 9.63. The predicted molar refractivity (Wildman–Crippen MR) is 115 cm³/mol. The molecule has 0 fully saturated rings. The van der Waals surface area contributed by atoms with Crippen molar-refractivity contribution >= 4 is 35.0 Å². The first-order valence-corrected chi connectivity index (χ1v) is 10.2. The van der Waals surface area contributed by atoms with E-state index in [0.717, 1.165) is 5.56 Å². The molecule has 1 aliphatic heterocycles. The van der Waals surface area contributed by atoms with Crippen molar-refractivity contribution in [2.45, 2.75) is 20.4 Å². The van der Waals surface area contributed by atoms with Gasteiger partial charge in [-0.2, -0.15) is 0 Å². The molecule has 8 heteroatoms. The van der Waals surface area contributed by atoms with Gasteiger partial charge in [-0.15, -0.1) is 0 Å². The third-order valence-corrected chi connectivity index (χ3v) is 5.16. The number of halogens is 1. The Morgan fingerprint density at radius 3 is 2.50 bits per heavy atom. The van der Waals surface area contributed by atoms with E-state index in [1.165, 1.54) is 4.90 Å². The molecule has 7 nitrogen and oxygen atoms in total. The second-order valence-electron chi connectivity index (χ2n) is 6.83. The van der Waals surface area contributed by atoms with E-state index < -0.39 is 0 Å². The molecule has 1 aliphatic rings. The van der Waals surface area contributed by atoms with Gasteiger partial charge in [-0.25, -0.2) is 0 Å². The van der Waals surface area contributed by atoms with Crippen LogP contribution < -0.4 is 15.0 Å². The number of carbonyl (C=O) groups is 3. The Morgan fingerprint density at radius 2 is 1.83 bits per heavy atom. The van der Waals surface area contributed by atoms with E-state index in [0.29, 0.717) is 41.7 Å². The molecule has 0 spiro atoms. The first-order chi connectivity index (χ1) is 14.4. The van der Waals surface area contributed by atoms with Gasteiger partial charge in [-0.05, 0) is 49.7 Å². The summed E-state index contributed by atoms with van der Waals surface area (Å²) >= 11 is 5.87. The lowest BCUT2D eigenvalue weighted by Gasteiger charge is -2.29. The topological polar surface area (TPSA) is 79.0 Å². The summed E-state index contributed by atoms with van der Waals surface area (Å²) in [5.41, 5.74) is 1.77. The van der Waals surface area contributed by atoms with Crippen LogP contribution in [0, 0.1) is 0 Å². The van der Waals surface area contributed by atoms with Gasteiger partial charge in [0.15, 0.2) is 6.61 Å². The Bertz CT molecular complexity index is 942. The minimum atomic E-state index is -0.336. The average Bonchev–Trinajstić information content (AvgIpc) is 2.75. The molecule has 2 aromatic rings. The number of anilines is 1. The van der Waals surface area contributed by atoms with E-state index in [-0.39, 0.29) is 30.9 Å². The van der Waals surface area contributed by atoms with Crippen molar-refractivity contribution in [2.24, 2.45) is 0 Å². The fourth-order valence-corrected chi connectivity index (χ4v) is 3.33. The second-order valence-corrected chi connectivity index (χ2v) is 7.27. The normalized spacial score (nSPS) is 12.8. The van der Waals surface area contributed by atoms with Crippen LogP contribution in [0.25, 0.3) is 0 Å². The van der Waals surface area contributed by atoms with Crippen LogP contribution in [0.2, 0.25) is 5.02 Å². The van der Waals surface area contributed by atoms with E-state index in [9.17, 15) is 14.4 Å². The van der Waals surface area contributed by atoms with Gasteiger partial charge in [0.1, 0.15) is 12.3 Å². The number of nitrogens with zero attached hydrogens (tertiary/aromatic N) is 2. The van der Waals surface area contributed by atoms with Crippen molar-refractivity contribution < 1.29 is 19.1 Å². The minimum absolute atomic E-state index is 0.132. The van der Waals surface area contributed by atoms with Crippen LogP contribution in [-0.4, -0.2) is 48.9 Å². The van der Waals surface area contributed by atoms with Gasteiger partial charge in [-0.3, -0.25) is 19.3 Å². The highest BCUT2D eigenvalue weighted by Gasteiger charge is 2.28. The Kier molecular flexibility index (Phi) is 6.95. The van der Waals surface area contributed by atoms with Gasteiger partial charge in [-0.1, -0.05) is 23.7 Å². The molecule has 0 aromatic heterocycles. The maximum atomic E-state index is 12.7. The fraction of sp³-hybridized carbons (Fsp3) is 0.318. The number of hydrogen-bond donors (Lipinski definition) is 1. The van der Waals surface area contributed by atoms with Crippen molar-refractivity contribution in [3.8, 4) is 5.75 Å². The van der Waals surface area contributed by atoms with Crippen LogP contribution in [0.3, 0.4) is 0 Å². The summed E-state index contributed by atoms with van der Waals surface area (Å²) in [6.07, 6.45) is 0. The van der Waals surface area contributed by atoms with E-state index in [2.05, 4.69) is 5.32 Å². The molecule has 1 heterocycles. The smallest absolute Gasteiger partial charge is 0.265 e. The summed E-state index contributed by atoms with van der Waals surface area (Å²) in [5, 5.41) is 3.42. The molecule has 30 heavy (non-hydrogen) atoms. The molecule has 2 aromatic carbocycles. The molecule has 0 atom stereocenters. The van der Waals surface area contributed by atoms with Crippen LogP contribution in [0.4, 0.5) is 5.69 Å². The molecular formula is C22H24ClN3O4. The largest absolute Gasteiger partial charge is 0.482 e. The van der Waals surface area contributed by atoms with Crippen molar-refractivity contribution in [3.63, 3.8) is 0 Å². The van der Waals surface area contributed by atoms with E-state index in [1.807, 2.05) is 26.0 Å². The van der Waals surface area contributed by atoms with Gasteiger partial charge < -0.3 is 15.0 Å². The maximum absolute atomic E-state index is 12.7. The molecule has 158 valence electrons. The summed E-state index contributed by atoms with van der Waals surface area (Å²) in [4.78, 5) is 40.6. The lowest BCUT2D eigenvalue weighted by molar-refractivity contribution is -0.125. The Labute approximate surface area is 180 Å². The van der Waals surface area contributed by atoms with Gasteiger partial charge in [0, 0.05) is 30.2 Å². The van der Waals surface area contributed by atoms with Crippen LogP contribution >= 0.6 is 11.6 Å². The summed E-state index contributed by atoms with van der Waals surface area (Å²) in [7, 11) is 0. The van der Waals surface area contributed by atoms with Crippen LogP contribution in [0.15, 0.2) is 42.5 Å². The van der Waals surface area contributed by atoms with E-state index >= 15 is 0 Å². The maximum Gasteiger partial charge on any atom is 0.265 e. The highest BCUT2D eigenvalue weighted by Crippen LogP contribution is 2.33. The van der Waals surface area contributed by atoms with Crippen LogP contribution in [-0.2, 0) is 16.1 Å². The zero-order chi connectivity index (χ0) is 21.7. The van der Waals surface area contributed by atoms with E-state index in [1.54, 1.807) is 35.2 Å². The Balaban J connectivity index is 1.74. The molecule has 0 aliphatic carbocycles. The van der Waals surface area contributed by atoms with Gasteiger partial charge >= 0.3 is 0 Å².